The molecule has 0 aromatic rings. The van der Waals surface area contributed by atoms with Crippen LogP contribution in [-0.2, 0) is 4.79 Å². The summed E-state index contributed by atoms with van der Waals surface area (Å²) in [5, 5.41) is 3.23. The van der Waals surface area contributed by atoms with Crippen molar-refractivity contribution in [1.29, 1.82) is 0 Å². The Morgan fingerprint density at radius 3 is 2.30 bits per heavy atom. The Bertz CT molecular complexity index is 168. The molecule has 0 spiro atoms. The number of nitrogens with zero attached hydrogens (tertiary/aromatic N) is 3. The predicted octanol–water partition coefficient (Wildman–Crippen LogP) is 0.807. The molecule has 1 atom stereocenters. The number of nitrogens with two attached hydrogens (primary N) is 1. The molecule has 0 fully saturated rings. The monoisotopic (exact) mass is 142 g/mol. The summed E-state index contributed by atoms with van der Waals surface area (Å²) < 4.78 is 0. The van der Waals surface area contributed by atoms with Crippen LogP contribution in [0.2, 0.25) is 0 Å². The highest BCUT2D eigenvalue weighted by Crippen LogP contribution is 2.04. The molecule has 0 saturated heterocycles. The Labute approximate surface area is 58.8 Å². The maximum atomic E-state index is 10.5. The van der Waals surface area contributed by atoms with Gasteiger partial charge in [0.15, 0.2) is 0 Å². The first kappa shape index (κ1) is 8.78. The smallest absolute Gasteiger partial charge is 0.226 e. The molecular formula is C5H10N4O. The molecule has 56 valence electrons. The van der Waals surface area contributed by atoms with Crippen LogP contribution >= 0.6 is 0 Å². The molecule has 0 aliphatic rings. The van der Waals surface area contributed by atoms with Gasteiger partial charge in [-0.2, -0.15) is 0 Å². The largest absolute Gasteiger partial charge is 0.369 e. The van der Waals surface area contributed by atoms with Crippen molar-refractivity contribution in [2.24, 2.45) is 16.8 Å². The summed E-state index contributed by atoms with van der Waals surface area (Å²) >= 11 is 0. The predicted molar refractivity (Wildman–Crippen MR) is 37.0 cm³/mol. The third-order valence-electron chi connectivity index (χ3n) is 1.10. The molecule has 1 amide bonds. The van der Waals surface area contributed by atoms with E-state index in [1.165, 1.54) is 0 Å². The minimum atomic E-state index is -0.718. The molecule has 5 heteroatoms. The van der Waals surface area contributed by atoms with E-state index in [1.54, 1.807) is 13.8 Å². The highest BCUT2D eigenvalue weighted by Gasteiger charge is 2.16. The summed E-state index contributed by atoms with van der Waals surface area (Å²) in [7, 11) is 0. The minimum absolute atomic E-state index is 0.0339. The lowest BCUT2D eigenvalue weighted by Crippen LogP contribution is -2.30. The number of azide groups is 1. The van der Waals surface area contributed by atoms with E-state index in [4.69, 9.17) is 11.3 Å². The maximum Gasteiger partial charge on any atom is 0.226 e. The molecule has 0 aliphatic carbocycles. The van der Waals surface area contributed by atoms with E-state index in [0.717, 1.165) is 0 Å². The first-order chi connectivity index (χ1) is 4.59. The number of amides is 1. The first-order valence-electron chi connectivity index (χ1n) is 2.93. The van der Waals surface area contributed by atoms with Gasteiger partial charge >= 0.3 is 0 Å². The number of hydrogen-bond acceptors (Lipinski definition) is 2. The molecule has 0 saturated carbocycles. The SMILES string of the molecule is CC(C)[C@H](N=[N+]=[N-])C(N)=O. The van der Waals surface area contributed by atoms with Crippen LogP contribution in [0.5, 0.6) is 0 Å². The van der Waals surface area contributed by atoms with Crippen LogP contribution in [0.25, 0.3) is 10.4 Å². The third-order valence-corrected chi connectivity index (χ3v) is 1.10. The van der Waals surface area contributed by atoms with Gasteiger partial charge in [-0.1, -0.05) is 19.0 Å². The Kier molecular flexibility index (Phi) is 3.28. The van der Waals surface area contributed by atoms with Gasteiger partial charge in [-0.25, -0.2) is 0 Å². The second-order valence-electron chi connectivity index (χ2n) is 2.30. The molecule has 0 aromatic carbocycles. The van der Waals surface area contributed by atoms with Crippen molar-refractivity contribution in [3.05, 3.63) is 10.4 Å². The molecule has 0 radical (unpaired) electrons. The highest BCUT2D eigenvalue weighted by molar-refractivity contribution is 5.80. The van der Waals surface area contributed by atoms with Gasteiger partial charge in [-0.15, -0.1) is 0 Å². The number of carbonyl (C=O) groups is 1. The highest BCUT2D eigenvalue weighted by atomic mass is 16.1. The van der Waals surface area contributed by atoms with Crippen molar-refractivity contribution in [2.45, 2.75) is 19.9 Å². The lowest BCUT2D eigenvalue weighted by atomic mass is 10.1. The van der Waals surface area contributed by atoms with Crippen LogP contribution in [0.15, 0.2) is 5.11 Å². The summed E-state index contributed by atoms with van der Waals surface area (Å²) in [6, 6.07) is -0.718. The van der Waals surface area contributed by atoms with Crippen molar-refractivity contribution in [1.82, 2.24) is 0 Å². The minimum Gasteiger partial charge on any atom is -0.369 e. The van der Waals surface area contributed by atoms with Gasteiger partial charge in [0.25, 0.3) is 0 Å². The third kappa shape index (κ3) is 2.37. The summed E-state index contributed by atoms with van der Waals surface area (Å²) in [5.74, 6) is -0.610. The quantitative estimate of drug-likeness (QED) is 0.352. The van der Waals surface area contributed by atoms with E-state index >= 15 is 0 Å². The van der Waals surface area contributed by atoms with Crippen molar-refractivity contribution in [3.8, 4) is 0 Å². The molecule has 10 heavy (non-hydrogen) atoms. The average Bonchev–Trinajstić information content (AvgIpc) is 1.81. The van der Waals surface area contributed by atoms with Crippen LogP contribution in [-0.4, -0.2) is 11.9 Å². The number of carbonyl (C=O) groups excluding carboxylic acids is 1. The van der Waals surface area contributed by atoms with Crippen molar-refractivity contribution < 1.29 is 4.79 Å². The van der Waals surface area contributed by atoms with Gasteiger partial charge in [0, 0.05) is 4.91 Å². The van der Waals surface area contributed by atoms with E-state index in [0.29, 0.717) is 0 Å². The van der Waals surface area contributed by atoms with Gasteiger partial charge < -0.3 is 5.73 Å². The summed E-state index contributed by atoms with van der Waals surface area (Å²) in [6.45, 7) is 3.54. The Hall–Kier alpha value is -1.22. The average molecular weight is 142 g/mol. The molecular weight excluding hydrogens is 132 g/mol. The Morgan fingerprint density at radius 2 is 2.20 bits per heavy atom. The summed E-state index contributed by atoms with van der Waals surface area (Å²) in [6.07, 6.45) is 0. The van der Waals surface area contributed by atoms with Crippen LogP contribution in [0.3, 0.4) is 0 Å². The standard InChI is InChI=1S/C5H10N4O/c1-3(2)4(5(6)10)8-9-7/h3-4H,1-2H3,(H2,6,10)/t4-/m0/s1. The molecule has 0 unspecified atom stereocenters. The molecule has 0 heterocycles. The molecule has 0 aliphatic heterocycles. The zero-order valence-electron chi connectivity index (χ0n) is 5.98. The molecule has 0 rings (SSSR count). The van der Waals surface area contributed by atoms with Gasteiger partial charge in [-0.05, 0) is 11.4 Å². The van der Waals surface area contributed by atoms with Crippen molar-refractivity contribution >= 4 is 5.91 Å². The van der Waals surface area contributed by atoms with Gasteiger partial charge in [0.05, 0.1) is 0 Å². The van der Waals surface area contributed by atoms with Gasteiger partial charge in [-0.3, -0.25) is 4.79 Å². The van der Waals surface area contributed by atoms with Gasteiger partial charge in [0.2, 0.25) is 5.91 Å². The van der Waals surface area contributed by atoms with E-state index in [-0.39, 0.29) is 5.92 Å². The zero-order chi connectivity index (χ0) is 8.15. The summed E-state index contributed by atoms with van der Waals surface area (Å²) in [4.78, 5) is 13.0. The normalized spacial score (nSPS) is 12.3. The summed E-state index contributed by atoms with van der Waals surface area (Å²) in [5.41, 5.74) is 12.9. The van der Waals surface area contributed by atoms with E-state index < -0.39 is 11.9 Å². The fraction of sp³-hybridized carbons (Fsp3) is 0.800. The van der Waals surface area contributed by atoms with Crippen LogP contribution < -0.4 is 5.73 Å². The van der Waals surface area contributed by atoms with Crippen LogP contribution in [0, 0.1) is 5.92 Å². The Morgan fingerprint density at radius 1 is 1.70 bits per heavy atom. The lowest BCUT2D eigenvalue weighted by molar-refractivity contribution is -0.120. The second-order valence-corrected chi connectivity index (χ2v) is 2.30. The fourth-order valence-corrected chi connectivity index (χ4v) is 0.574. The van der Waals surface area contributed by atoms with E-state index in [2.05, 4.69) is 10.0 Å². The van der Waals surface area contributed by atoms with Crippen molar-refractivity contribution in [3.63, 3.8) is 0 Å². The van der Waals surface area contributed by atoms with Crippen LogP contribution in [0.4, 0.5) is 0 Å². The molecule has 5 nitrogen and oxygen atoms in total. The van der Waals surface area contributed by atoms with Gasteiger partial charge in [0.1, 0.15) is 6.04 Å². The van der Waals surface area contributed by atoms with Crippen molar-refractivity contribution in [2.75, 3.05) is 0 Å². The number of primary amides is 1. The number of hydrogen-bond donors (Lipinski definition) is 1. The molecule has 2 N–H and O–H groups in total. The van der Waals surface area contributed by atoms with Crippen LogP contribution in [0.1, 0.15) is 13.8 Å². The second kappa shape index (κ2) is 3.74. The fourth-order valence-electron chi connectivity index (χ4n) is 0.574. The Balaban J connectivity index is 4.26. The molecule has 0 bridgehead atoms. The topological polar surface area (TPSA) is 91.8 Å². The number of rotatable bonds is 3. The first-order valence-corrected chi connectivity index (χ1v) is 2.93. The van der Waals surface area contributed by atoms with E-state index in [1.807, 2.05) is 0 Å². The lowest BCUT2D eigenvalue weighted by Gasteiger charge is -2.08. The zero-order valence-corrected chi connectivity index (χ0v) is 5.98. The maximum absolute atomic E-state index is 10.5. The molecule has 0 aromatic heterocycles. The van der Waals surface area contributed by atoms with E-state index in [9.17, 15) is 4.79 Å².